The Morgan fingerprint density at radius 1 is 1.35 bits per heavy atom. The Bertz CT molecular complexity index is 396. The fourth-order valence-electron chi connectivity index (χ4n) is 1.59. The van der Waals surface area contributed by atoms with Crippen LogP contribution in [0.15, 0.2) is 0 Å². The summed E-state index contributed by atoms with van der Waals surface area (Å²) in [6.45, 7) is 0.263. The number of rotatable bonds is 4. The summed E-state index contributed by atoms with van der Waals surface area (Å²) < 4.78 is 22.3. The van der Waals surface area contributed by atoms with Crippen LogP contribution in [0.1, 0.15) is 12.8 Å². The molecule has 0 aromatic rings. The molecule has 0 saturated carbocycles. The number of nitrogens with one attached hydrogen (secondary N) is 2. The van der Waals surface area contributed by atoms with E-state index >= 15 is 0 Å². The number of amides is 3. The Morgan fingerprint density at radius 2 is 2.06 bits per heavy atom. The molecule has 6 nitrogen and oxygen atoms in total. The second-order valence-electron chi connectivity index (χ2n) is 3.97. The van der Waals surface area contributed by atoms with Crippen molar-refractivity contribution in [1.82, 2.24) is 10.6 Å². The molecule has 1 aliphatic heterocycles. The molecule has 0 radical (unpaired) electrons. The fourth-order valence-corrected chi connectivity index (χ4v) is 3.62. The zero-order valence-electron chi connectivity index (χ0n) is 9.24. The maximum Gasteiger partial charge on any atom is 0.321 e. The number of carbonyl (C=O) groups is 2. The van der Waals surface area contributed by atoms with Crippen molar-refractivity contribution in [3.05, 3.63) is 0 Å². The fraction of sp³-hybridized carbons (Fsp3) is 0.778. The van der Waals surface area contributed by atoms with Crippen LogP contribution in [0, 0.1) is 5.92 Å². The minimum atomic E-state index is -2.93. The highest BCUT2D eigenvalue weighted by Crippen LogP contribution is 2.17. The van der Waals surface area contributed by atoms with E-state index in [0.29, 0.717) is 6.42 Å². The predicted octanol–water partition coefficient (Wildman–Crippen LogP) is -0.124. The van der Waals surface area contributed by atoms with Gasteiger partial charge in [0.15, 0.2) is 9.84 Å². The molecule has 1 fully saturated rings. The second-order valence-corrected chi connectivity index (χ2v) is 6.57. The molecule has 1 saturated heterocycles. The first kappa shape index (κ1) is 14.2. The maximum atomic E-state index is 11.2. The van der Waals surface area contributed by atoms with Crippen molar-refractivity contribution in [1.29, 1.82) is 0 Å². The van der Waals surface area contributed by atoms with E-state index < -0.39 is 21.8 Å². The molecule has 1 atom stereocenters. The van der Waals surface area contributed by atoms with Gasteiger partial charge in [-0.2, -0.15) is 0 Å². The molecule has 2 N–H and O–H groups in total. The van der Waals surface area contributed by atoms with Crippen molar-refractivity contribution in [2.45, 2.75) is 12.8 Å². The lowest BCUT2D eigenvalue weighted by molar-refractivity contribution is -0.119. The first-order valence-corrected chi connectivity index (χ1v) is 7.62. The van der Waals surface area contributed by atoms with Gasteiger partial charge in [-0.1, -0.05) is 0 Å². The van der Waals surface area contributed by atoms with E-state index in [9.17, 15) is 18.0 Å². The van der Waals surface area contributed by atoms with Crippen molar-refractivity contribution in [2.24, 2.45) is 5.92 Å². The van der Waals surface area contributed by atoms with Gasteiger partial charge in [0.1, 0.15) is 0 Å². The first-order valence-electron chi connectivity index (χ1n) is 5.27. The smallest absolute Gasteiger partial charge is 0.321 e. The molecule has 0 aromatic carbocycles. The number of imide groups is 1. The molecule has 0 bridgehead atoms. The maximum absolute atomic E-state index is 11.2. The van der Waals surface area contributed by atoms with Gasteiger partial charge in [0.25, 0.3) is 0 Å². The van der Waals surface area contributed by atoms with Gasteiger partial charge in [-0.25, -0.2) is 13.2 Å². The van der Waals surface area contributed by atoms with Crippen LogP contribution in [-0.4, -0.2) is 44.3 Å². The van der Waals surface area contributed by atoms with Gasteiger partial charge >= 0.3 is 6.03 Å². The minimum absolute atomic E-state index is 0.0612. The van der Waals surface area contributed by atoms with Gasteiger partial charge in [-0.15, -0.1) is 11.6 Å². The lowest BCUT2D eigenvalue weighted by atomic mass is 10.1. The molecule has 98 valence electrons. The molecule has 8 heteroatoms. The number of hydrogen-bond acceptors (Lipinski definition) is 4. The molecular formula is C9H15ClN2O4S. The van der Waals surface area contributed by atoms with Gasteiger partial charge < -0.3 is 5.32 Å². The van der Waals surface area contributed by atoms with E-state index in [1.54, 1.807) is 0 Å². The van der Waals surface area contributed by atoms with Gasteiger partial charge in [0.05, 0.1) is 11.5 Å². The van der Waals surface area contributed by atoms with Crippen molar-refractivity contribution < 1.29 is 18.0 Å². The summed E-state index contributed by atoms with van der Waals surface area (Å²) in [4.78, 5) is 22.2. The zero-order valence-corrected chi connectivity index (χ0v) is 10.8. The van der Waals surface area contributed by atoms with Crippen LogP contribution >= 0.6 is 11.6 Å². The Kier molecular flexibility index (Phi) is 5.20. The SMILES string of the molecule is O=C(CCCl)NC(=O)NCC1CCS(=O)(=O)C1. The van der Waals surface area contributed by atoms with E-state index in [2.05, 4.69) is 10.6 Å². The molecule has 1 unspecified atom stereocenters. The molecule has 0 aromatic heterocycles. The van der Waals surface area contributed by atoms with Crippen molar-refractivity contribution in [3.63, 3.8) is 0 Å². The number of halogens is 1. The average Bonchev–Trinajstić information content (AvgIpc) is 2.55. The Balaban J connectivity index is 2.23. The molecule has 1 heterocycles. The summed E-state index contributed by atoms with van der Waals surface area (Å²) in [5.74, 6) is -0.0832. The van der Waals surface area contributed by atoms with E-state index in [-0.39, 0.29) is 36.3 Å². The second kappa shape index (κ2) is 6.20. The number of carbonyl (C=O) groups excluding carboxylic acids is 2. The van der Waals surface area contributed by atoms with Gasteiger partial charge in [0, 0.05) is 18.8 Å². The number of urea groups is 1. The molecule has 1 aliphatic rings. The van der Waals surface area contributed by atoms with E-state index in [1.807, 2.05) is 0 Å². The average molecular weight is 283 g/mol. The van der Waals surface area contributed by atoms with Gasteiger partial charge in [-0.05, 0) is 12.3 Å². The molecular weight excluding hydrogens is 268 g/mol. The van der Waals surface area contributed by atoms with E-state index in [4.69, 9.17) is 11.6 Å². The minimum Gasteiger partial charge on any atom is -0.337 e. The van der Waals surface area contributed by atoms with E-state index in [1.165, 1.54) is 0 Å². The highest BCUT2D eigenvalue weighted by atomic mass is 35.5. The van der Waals surface area contributed by atoms with Crippen LogP contribution in [0.5, 0.6) is 0 Å². The summed E-state index contributed by atoms with van der Waals surface area (Å²) >= 11 is 5.33. The Morgan fingerprint density at radius 3 is 2.59 bits per heavy atom. The monoisotopic (exact) mass is 282 g/mol. The summed E-state index contributed by atoms with van der Waals surface area (Å²) in [5, 5.41) is 4.58. The molecule has 17 heavy (non-hydrogen) atoms. The topological polar surface area (TPSA) is 92.3 Å². The van der Waals surface area contributed by atoms with Crippen LogP contribution in [0.2, 0.25) is 0 Å². The lowest BCUT2D eigenvalue weighted by Gasteiger charge is -2.09. The predicted molar refractivity (Wildman–Crippen MR) is 63.6 cm³/mol. The lowest BCUT2D eigenvalue weighted by Crippen LogP contribution is -2.41. The van der Waals surface area contributed by atoms with Crippen LogP contribution in [0.3, 0.4) is 0 Å². The molecule has 0 aliphatic carbocycles. The summed E-state index contributed by atoms with van der Waals surface area (Å²) in [6.07, 6.45) is 0.630. The molecule has 0 spiro atoms. The summed E-state index contributed by atoms with van der Waals surface area (Å²) in [7, 11) is -2.93. The van der Waals surface area contributed by atoms with Crippen molar-refractivity contribution in [3.8, 4) is 0 Å². The van der Waals surface area contributed by atoms with Crippen LogP contribution in [0.4, 0.5) is 4.79 Å². The third-order valence-corrected chi connectivity index (χ3v) is 4.48. The first-order chi connectivity index (χ1) is 7.93. The highest BCUT2D eigenvalue weighted by molar-refractivity contribution is 7.91. The quantitative estimate of drug-likeness (QED) is 0.703. The van der Waals surface area contributed by atoms with Crippen LogP contribution < -0.4 is 10.6 Å². The third-order valence-electron chi connectivity index (χ3n) is 2.45. The highest BCUT2D eigenvalue weighted by Gasteiger charge is 2.27. The standard InChI is InChI=1S/C9H15ClN2O4S/c10-3-1-8(13)12-9(14)11-5-7-2-4-17(15,16)6-7/h7H,1-6H2,(H2,11,12,13,14). The van der Waals surface area contributed by atoms with Crippen LogP contribution in [0.25, 0.3) is 0 Å². The number of hydrogen-bond donors (Lipinski definition) is 2. The largest absolute Gasteiger partial charge is 0.337 e. The number of sulfone groups is 1. The normalized spacial score (nSPS) is 22.1. The Hall–Kier alpha value is -0.820. The van der Waals surface area contributed by atoms with Gasteiger partial charge in [-0.3, -0.25) is 10.1 Å². The Labute approximate surface area is 105 Å². The third kappa shape index (κ3) is 5.36. The van der Waals surface area contributed by atoms with Crippen molar-refractivity contribution >= 4 is 33.4 Å². The van der Waals surface area contributed by atoms with E-state index in [0.717, 1.165) is 0 Å². The van der Waals surface area contributed by atoms with Crippen molar-refractivity contribution in [2.75, 3.05) is 23.9 Å². The number of alkyl halides is 1. The zero-order chi connectivity index (χ0) is 12.9. The van der Waals surface area contributed by atoms with Gasteiger partial charge in [0.2, 0.25) is 5.91 Å². The molecule has 1 rings (SSSR count). The summed E-state index contributed by atoms with van der Waals surface area (Å²) in [6, 6.07) is -0.607. The summed E-state index contributed by atoms with van der Waals surface area (Å²) in [5.41, 5.74) is 0. The van der Waals surface area contributed by atoms with Crippen LogP contribution in [-0.2, 0) is 14.6 Å². The molecule has 3 amide bonds.